The molecule has 0 aliphatic carbocycles. The molecule has 0 radical (unpaired) electrons. The second-order valence-electron chi connectivity index (χ2n) is 6.67. The number of hydrogen-bond donors (Lipinski definition) is 1. The molecule has 0 saturated carbocycles. The van der Waals surface area contributed by atoms with Crippen molar-refractivity contribution in [2.24, 2.45) is 5.92 Å². The van der Waals surface area contributed by atoms with Crippen molar-refractivity contribution in [2.75, 3.05) is 18.4 Å². The number of piperidine rings is 1. The number of halogens is 1. The van der Waals surface area contributed by atoms with Gasteiger partial charge in [0.15, 0.2) is 0 Å². The first-order chi connectivity index (χ1) is 12.2. The Balaban J connectivity index is 1.63. The van der Waals surface area contributed by atoms with Crippen molar-refractivity contribution in [1.29, 1.82) is 0 Å². The normalized spacial score (nSPS) is 18.1. The van der Waals surface area contributed by atoms with Gasteiger partial charge in [0.25, 0.3) is 0 Å². The summed E-state index contributed by atoms with van der Waals surface area (Å²) in [6.07, 6.45) is 2.73. The zero-order chi connectivity index (χ0) is 17.6. The molecule has 1 aliphatic rings. The van der Waals surface area contributed by atoms with Crippen molar-refractivity contribution < 1.29 is 9.18 Å². The lowest BCUT2D eigenvalue weighted by Crippen LogP contribution is -2.40. The van der Waals surface area contributed by atoms with Crippen molar-refractivity contribution in [3.05, 3.63) is 65.5 Å². The quantitative estimate of drug-likeness (QED) is 0.883. The van der Waals surface area contributed by atoms with Crippen molar-refractivity contribution in [3.63, 3.8) is 0 Å². The topological polar surface area (TPSA) is 32.3 Å². The van der Waals surface area contributed by atoms with Crippen LogP contribution in [0, 0.1) is 11.7 Å². The van der Waals surface area contributed by atoms with Gasteiger partial charge in [-0.1, -0.05) is 43.3 Å². The maximum absolute atomic E-state index is 13.9. The Morgan fingerprint density at radius 1 is 1.16 bits per heavy atom. The minimum Gasteiger partial charge on any atom is -0.326 e. The predicted molar refractivity (Wildman–Crippen MR) is 98.9 cm³/mol. The first-order valence-electron chi connectivity index (χ1n) is 9.02. The summed E-state index contributed by atoms with van der Waals surface area (Å²) in [6, 6.07) is 14.8. The first kappa shape index (κ1) is 17.6. The average Bonchev–Trinajstić information content (AvgIpc) is 2.64. The molecule has 2 aromatic rings. The van der Waals surface area contributed by atoms with Gasteiger partial charge in [0.2, 0.25) is 5.91 Å². The standard InChI is InChI=1S/C21H25FN2O/c1-2-16-8-4-6-12-20(16)23-21(25)18-10-7-13-24(15-18)14-17-9-3-5-11-19(17)22/h3-6,8-9,11-12,18H,2,7,10,13-15H2,1H3,(H,23,25). The third-order valence-corrected chi connectivity index (χ3v) is 4.88. The number of hydrogen-bond acceptors (Lipinski definition) is 2. The lowest BCUT2D eigenvalue weighted by atomic mass is 9.96. The van der Waals surface area contributed by atoms with Crippen LogP contribution in [0.5, 0.6) is 0 Å². The van der Waals surface area contributed by atoms with E-state index in [0.29, 0.717) is 18.7 Å². The van der Waals surface area contributed by atoms with Gasteiger partial charge in [-0.15, -0.1) is 0 Å². The third kappa shape index (κ3) is 4.45. The number of aryl methyl sites for hydroxylation is 1. The van der Waals surface area contributed by atoms with E-state index in [1.165, 1.54) is 6.07 Å². The molecule has 1 heterocycles. The summed E-state index contributed by atoms with van der Waals surface area (Å²) in [5.74, 6) is -0.157. The molecule has 1 saturated heterocycles. The van der Waals surface area contributed by atoms with Crippen molar-refractivity contribution >= 4 is 11.6 Å². The minimum atomic E-state index is -0.175. The summed E-state index contributed by atoms with van der Waals surface area (Å²) < 4.78 is 13.9. The monoisotopic (exact) mass is 340 g/mol. The summed E-state index contributed by atoms with van der Waals surface area (Å²) >= 11 is 0. The highest BCUT2D eigenvalue weighted by Crippen LogP contribution is 2.22. The fourth-order valence-electron chi connectivity index (χ4n) is 3.47. The number of nitrogens with one attached hydrogen (secondary N) is 1. The number of nitrogens with zero attached hydrogens (tertiary/aromatic N) is 1. The van der Waals surface area contributed by atoms with Crippen LogP contribution in [0.3, 0.4) is 0 Å². The second kappa shape index (κ2) is 8.26. The Hall–Kier alpha value is -2.20. The van der Waals surface area contributed by atoms with Crippen LogP contribution in [0.4, 0.5) is 10.1 Å². The zero-order valence-corrected chi connectivity index (χ0v) is 14.7. The lowest BCUT2D eigenvalue weighted by molar-refractivity contribution is -0.121. The van der Waals surface area contributed by atoms with Gasteiger partial charge in [-0.05, 0) is 43.5 Å². The van der Waals surface area contributed by atoms with E-state index in [-0.39, 0.29) is 17.6 Å². The average molecular weight is 340 g/mol. The van der Waals surface area contributed by atoms with E-state index in [9.17, 15) is 9.18 Å². The Labute approximate surface area is 148 Å². The molecule has 0 bridgehead atoms. The molecule has 0 aromatic heterocycles. The smallest absolute Gasteiger partial charge is 0.228 e. The summed E-state index contributed by atoms with van der Waals surface area (Å²) in [5.41, 5.74) is 2.75. The Kier molecular flexibility index (Phi) is 5.82. The van der Waals surface area contributed by atoms with Gasteiger partial charge >= 0.3 is 0 Å². The lowest BCUT2D eigenvalue weighted by Gasteiger charge is -2.32. The number of para-hydroxylation sites is 1. The molecule has 1 unspecified atom stereocenters. The Morgan fingerprint density at radius 3 is 2.64 bits per heavy atom. The van der Waals surface area contributed by atoms with E-state index in [4.69, 9.17) is 0 Å². The van der Waals surface area contributed by atoms with E-state index >= 15 is 0 Å². The number of anilines is 1. The highest BCUT2D eigenvalue weighted by atomic mass is 19.1. The summed E-state index contributed by atoms with van der Waals surface area (Å²) in [4.78, 5) is 14.9. The molecule has 25 heavy (non-hydrogen) atoms. The van der Waals surface area contributed by atoms with E-state index < -0.39 is 0 Å². The minimum absolute atomic E-state index is 0.0505. The van der Waals surface area contributed by atoms with Crippen LogP contribution in [0.25, 0.3) is 0 Å². The van der Waals surface area contributed by atoms with E-state index in [1.54, 1.807) is 6.07 Å². The highest BCUT2D eigenvalue weighted by Gasteiger charge is 2.26. The van der Waals surface area contributed by atoms with Crippen LogP contribution in [0.1, 0.15) is 30.9 Å². The molecular formula is C21H25FN2O. The van der Waals surface area contributed by atoms with Gasteiger partial charge in [-0.3, -0.25) is 9.69 Å². The van der Waals surface area contributed by atoms with Gasteiger partial charge in [0.1, 0.15) is 5.82 Å². The fraction of sp³-hybridized carbons (Fsp3) is 0.381. The molecule has 1 amide bonds. The molecule has 3 nitrogen and oxygen atoms in total. The van der Waals surface area contributed by atoms with Gasteiger partial charge < -0.3 is 5.32 Å². The van der Waals surface area contributed by atoms with Crippen LogP contribution < -0.4 is 5.32 Å². The van der Waals surface area contributed by atoms with Crippen LogP contribution in [0.15, 0.2) is 48.5 Å². The molecule has 1 N–H and O–H groups in total. The molecule has 1 fully saturated rings. The predicted octanol–water partition coefficient (Wildman–Crippen LogP) is 4.24. The van der Waals surface area contributed by atoms with E-state index in [0.717, 1.165) is 37.1 Å². The number of carbonyl (C=O) groups excluding carboxylic acids is 1. The van der Waals surface area contributed by atoms with Gasteiger partial charge in [0, 0.05) is 24.3 Å². The molecule has 2 aromatic carbocycles. The molecule has 1 aliphatic heterocycles. The summed E-state index contributed by atoms with van der Waals surface area (Å²) in [7, 11) is 0. The Morgan fingerprint density at radius 2 is 1.88 bits per heavy atom. The van der Waals surface area contributed by atoms with Crippen LogP contribution in [-0.4, -0.2) is 23.9 Å². The van der Waals surface area contributed by atoms with Crippen LogP contribution >= 0.6 is 0 Å². The molecule has 132 valence electrons. The molecule has 1 atom stereocenters. The third-order valence-electron chi connectivity index (χ3n) is 4.88. The maximum Gasteiger partial charge on any atom is 0.228 e. The van der Waals surface area contributed by atoms with E-state index in [2.05, 4.69) is 17.1 Å². The van der Waals surface area contributed by atoms with Gasteiger partial charge in [0.05, 0.1) is 5.92 Å². The highest BCUT2D eigenvalue weighted by molar-refractivity contribution is 5.93. The summed E-state index contributed by atoms with van der Waals surface area (Å²) in [5, 5.41) is 3.09. The van der Waals surface area contributed by atoms with Gasteiger partial charge in [-0.2, -0.15) is 0 Å². The van der Waals surface area contributed by atoms with Crippen molar-refractivity contribution in [2.45, 2.75) is 32.7 Å². The maximum atomic E-state index is 13.9. The number of likely N-dealkylation sites (tertiary alicyclic amines) is 1. The number of rotatable bonds is 5. The van der Waals surface area contributed by atoms with Crippen LogP contribution in [-0.2, 0) is 17.8 Å². The number of carbonyl (C=O) groups is 1. The molecule has 0 spiro atoms. The summed E-state index contributed by atoms with van der Waals surface area (Å²) in [6.45, 7) is 4.22. The van der Waals surface area contributed by atoms with Crippen molar-refractivity contribution in [1.82, 2.24) is 4.90 Å². The Bertz CT molecular complexity index is 731. The first-order valence-corrected chi connectivity index (χ1v) is 9.02. The van der Waals surface area contributed by atoms with Gasteiger partial charge in [-0.25, -0.2) is 4.39 Å². The molecular weight excluding hydrogens is 315 g/mol. The number of benzene rings is 2. The molecule has 3 rings (SSSR count). The molecule has 4 heteroatoms. The SMILES string of the molecule is CCc1ccccc1NC(=O)C1CCCN(Cc2ccccc2F)C1. The largest absolute Gasteiger partial charge is 0.326 e. The zero-order valence-electron chi connectivity index (χ0n) is 14.7. The van der Waals surface area contributed by atoms with Crippen molar-refractivity contribution in [3.8, 4) is 0 Å². The van der Waals surface area contributed by atoms with Crippen LogP contribution in [0.2, 0.25) is 0 Å². The second-order valence-corrected chi connectivity index (χ2v) is 6.67. The van der Waals surface area contributed by atoms with E-state index in [1.807, 2.05) is 36.4 Å². The number of amides is 1. The fourth-order valence-corrected chi connectivity index (χ4v) is 3.47.